The van der Waals surface area contributed by atoms with Crippen LogP contribution in [0.1, 0.15) is 6.92 Å². The number of hydrogen-bond donors (Lipinski definition) is 2. The molecule has 0 rings (SSSR count). The predicted molar refractivity (Wildman–Crippen MR) is 44.2 cm³/mol. The lowest BCUT2D eigenvalue weighted by atomic mass is 10.1. The van der Waals surface area contributed by atoms with Gasteiger partial charge in [0.05, 0.1) is 21.1 Å². The molecule has 0 saturated carbocycles. The standard InChI is InChI=1S/C7H20N3/c1-6(5-8)7(9)10(2,3)4/h6-7H,5,8-9H2,1-4H3/q+1. The first kappa shape index (κ1) is 9.88. The normalized spacial score (nSPS) is 18.6. The topological polar surface area (TPSA) is 52.0 Å². The Bertz CT molecular complexity index is 95.5. The molecule has 0 heterocycles. The average Bonchev–Trinajstić information content (AvgIpc) is 1.83. The maximum Gasteiger partial charge on any atom is 0.143 e. The molecule has 62 valence electrons. The van der Waals surface area contributed by atoms with Crippen LogP contribution in [-0.2, 0) is 0 Å². The summed E-state index contributed by atoms with van der Waals surface area (Å²) in [4.78, 5) is 0. The SMILES string of the molecule is CC(CN)C(N)[N+](C)(C)C. The molecule has 0 aromatic rings. The maximum absolute atomic E-state index is 5.90. The summed E-state index contributed by atoms with van der Waals surface area (Å²) in [5.41, 5.74) is 11.4. The minimum Gasteiger partial charge on any atom is -0.330 e. The molecule has 0 fully saturated rings. The van der Waals surface area contributed by atoms with Crippen molar-refractivity contribution in [3.8, 4) is 0 Å². The van der Waals surface area contributed by atoms with E-state index in [1.165, 1.54) is 0 Å². The molecule has 2 unspecified atom stereocenters. The fraction of sp³-hybridized carbons (Fsp3) is 1.00. The Balaban J connectivity index is 3.94. The highest BCUT2D eigenvalue weighted by Crippen LogP contribution is 2.06. The van der Waals surface area contributed by atoms with Gasteiger partial charge in [0.15, 0.2) is 0 Å². The fourth-order valence-corrected chi connectivity index (χ4v) is 0.903. The lowest BCUT2D eigenvalue weighted by molar-refractivity contribution is -0.899. The van der Waals surface area contributed by atoms with E-state index in [2.05, 4.69) is 28.1 Å². The van der Waals surface area contributed by atoms with Crippen LogP contribution in [0.15, 0.2) is 0 Å². The van der Waals surface area contributed by atoms with Crippen molar-refractivity contribution in [1.82, 2.24) is 0 Å². The molecule has 0 bridgehead atoms. The van der Waals surface area contributed by atoms with Gasteiger partial charge in [-0.2, -0.15) is 0 Å². The molecule has 0 saturated heterocycles. The number of rotatable bonds is 3. The van der Waals surface area contributed by atoms with Crippen LogP contribution < -0.4 is 11.5 Å². The fourth-order valence-electron chi connectivity index (χ4n) is 0.903. The summed E-state index contributed by atoms with van der Waals surface area (Å²) in [5, 5.41) is 0. The first-order chi connectivity index (χ1) is 4.39. The number of nitrogens with two attached hydrogens (primary N) is 2. The quantitative estimate of drug-likeness (QED) is 0.419. The van der Waals surface area contributed by atoms with Crippen LogP contribution in [-0.4, -0.2) is 38.3 Å². The summed E-state index contributed by atoms with van der Waals surface area (Å²) >= 11 is 0. The summed E-state index contributed by atoms with van der Waals surface area (Å²) < 4.78 is 0.776. The highest BCUT2D eigenvalue weighted by Gasteiger charge is 2.23. The molecule has 4 N–H and O–H groups in total. The van der Waals surface area contributed by atoms with Gasteiger partial charge in [-0.25, -0.2) is 0 Å². The maximum atomic E-state index is 5.90. The van der Waals surface area contributed by atoms with E-state index in [9.17, 15) is 0 Å². The Morgan fingerprint density at radius 1 is 1.30 bits per heavy atom. The van der Waals surface area contributed by atoms with E-state index in [-0.39, 0.29) is 6.17 Å². The second-order valence-corrected chi connectivity index (χ2v) is 3.82. The van der Waals surface area contributed by atoms with Gasteiger partial charge in [-0.15, -0.1) is 0 Å². The molecular formula is C7H20N3+. The average molecular weight is 146 g/mol. The van der Waals surface area contributed by atoms with Gasteiger partial charge in [-0.05, 0) is 0 Å². The van der Waals surface area contributed by atoms with E-state index < -0.39 is 0 Å². The van der Waals surface area contributed by atoms with Crippen molar-refractivity contribution in [1.29, 1.82) is 0 Å². The third-order valence-corrected chi connectivity index (χ3v) is 1.85. The van der Waals surface area contributed by atoms with Crippen LogP contribution in [0, 0.1) is 5.92 Å². The molecule has 0 spiro atoms. The van der Waals surface area contributed by atoms with Crippen LogP contribution in [0.3, 0.4) is 0 Å². The van der Waals surface area contributed by atoms with Gasteiger partial charge in [0, 0.05) is 12.5 Å². The Morgan fingerprint density at radius 3 is 1.80 bits per heavy atom. The van der Waals surface area contributed by atoms with Crippen molar-refractivity contribution in [3.05, 3.63) is 0 Å². The summed E-state index contributed by atoms with van der Waals surface area (Å²) in [6, 6.07) is 0. The van der Waals surface area contributed by atoms with Crippen LogP contribution >= 0.6 is 0 Å². The van der Waals surface area contributed by atoms with Crippen LogP contribution in [0.25, 0.3) is 0 Å². The molecule has 0 aliphatic rings. The number of nitrogens with zero attached hydrogens (tertiary/aromatic N) is 1. The van der Waals surface area contributed by atoms with Crippen molar-refractivity contribution < 1.29 is 4.48 Å². The van der Waals surface area contributed by atoms with Gasteiger partial charge in [0.2, 0.25) is 0 Å². The molecular weight excluding hydrogens is 126 g/mol. The zero-order valence-electron chi connectivity index (χ0n) is 7.46. The first-order valence-corrected chi connectivity index (χ1v) is 3.66. The predicted octanol–water partition coefficient (Wildman–Crippen LogP) is -0.428. The molecule has 3 nitrogen and oxygen atoms in total. The van der Waals surface area contributed by atoms with E-state index in [0.717, 1.165) is 4.48 Å². The molecule has 0 aromatic carbocycles. The zero-order chi connectivity index (χ0) is 8.36. The molecule has 10 heavy (non-hydrogen) atoms. The van der Waals surface area contributed by atoms with Gasteiger partial charge < -0.3 is 10.2 Å². The van der Waals surface area contributed by atoms with Gasteiger partial charge in [-0.3, -0.25) is 5.73 Å². The molecule has 0 aliphatic heterocycles. The molecule has 3 heteroatoms. The summed E-state index contributed by atoms with van der Waals surface area (Å²) in [6.45, 7) is 2.74. The first-order valence-electron chi connectivity index (χ1n) is 3.66. The molecule has 0 aliphatic carbocycles. The Kier molecular flexibility index (Phi) is 3.28. The second kappa shape index (κ2) is 3.32. The highest BCUT2D eigenvalue weighted by atomic mass is 15.4. The van der Waals surface area contributed by atoms with Crippen molar-refractivity contribution >= 4 is 0 Å². The summed E-state index contributed by atoms with van der Waals surface area (Å²) in [5.74, 6) is 0.389. The van der Waals surface area contributed by atoms with Crippen LogP contribution in [0.2, 0.25) is 0 Å². The Morgan fingerprint density at radius 2 is 1.70 bits per heavy atom. The van der Waals surface area contributed by atoms with Crippen molar-refractivity contribution in [2.75, 3.05) is 27.7 Å². The lowest BCUT2D eigenvalue weighted by Gasteiger charge is -2.34. The number of quaternary nitrogens is 1. The molecule has 0 aromatic heterocycles. The monoisotopic (exact) mass is 146 g/mol. The highest BCUT2D eigenvalue weighted by molar-refractivity contribution is 4.59. The van der Waals surface area contributed by atoms with Crippen LogP contribution in [0.5, 0.6) is 0 Å². The minimum absolute atomic E-state index is 0.144. The molecule has 0 radical (unpaired) electrons. The van der Waals surface area contributed by atoms with Crippen molar-refractivity contribution in [2.24, 2.45) is 17.4 Å². The van der Waals surface area contributed by atoms with E-state index in [1.54, 1.807) is 0 Å². The lowest BCUT2D eigenvalue weighted by Crippen LogP contribution is -2.55. The Labute approximate surface area is 63.6 Å². The largest absolute Gasteiger partial charge is 0.330 e. The third kappa shape index (κ3) is 2.64. The van der Waals surface area contributed by atoms with E-state index in [4.69, 9.17) is 11.5 Å². The van der Waals surface area contributed by atoms with Crippen molar-refractivity contribution in [3.63, 3.8) is 0 Å². The second-order valence-electron chi connectivity index (χ2n) is 3.82. The number of hydrogen-bond acceptors (Lipinski definition) is 2. The van der Waals surface area contributed by atoms with E-state index in [0.29, 0.717) is 12.5 Å². The van der Waals surface area contributed by atoms with Gasteiger partial charge >= 0.3 is 0 Å². The smallest absolute Gasteiger partial charge is 0.143 e. The van der Waals surface area contributed by atoms with Gasteiger partial charge in [0.1, 0.15) is 6.17 Å². The zero-order valence-corrected chi connectivity index (χ0v) is 7.46. The molecule has 0 amide bonds. The summed E-state index contributed by atoms with van der Waals surface area (Å²) in [7, 11) is 6.24. The molecule has 2 atom stereocenters. The van der Waals surface area contributed by atoms with Gasteiger partial charge in [0.25, 0.3) is 0 Å². The summed E-state index contributed by atoms with van der Waals surface area (Å²) in [6.07, 6.45) is 0.144. The van der Waals surface area contributed by atoms with Crippen LogP contribution in [0.4, 0.5) is 0 Å². The van der Waals surface area contributed by atoms with Crippen molar-refractivity contribution in [2.45, 2.75) is 13.1 Å². The van der Waals surface area contributed by atoms with Gasteiger partial charge in [-0.1, -0.05) is 6.92 Å². The third-order valence-electron chi connectivity index (χ3n) is 1.85. The van der Waals surface area contributed by atoms with E-state index in [1.807, 2.05) is 0 Å². The minimum atomic E-state index is 0.144. The van der Waals surface area contributed by atoms with E-state index >= 15 is 0 Å². The Hall–Kier alpha value is -0.120.